The molecule has 0 unspecified atom stereocenters. The zero-order valence-electron chi connectivity index (χ0n) is 14.4. The highest BCUT2D eigenvalue weighted by Gasteiger charge is 2.17. The van der Waals surface area contributed by atoms with E-state index in [0.717, 1.165) is 41.2 Å². The van der Waals surface area contributed by atoms with E-state index in [1.54, 1.807) is 13.4 Å². The molecule has 0 saturated carbocycles. The third-order valence-electron chi connectivity index (χ3n) is 4.96. The number of fused-ring (bicyclic) bond motifs is 2. The van der Waals surface area contributed by atoms with Gasteiger partial charge < -0.3 is 10.1 Å². The number of ether oxygens (including phenoxy) is 1. The Morgan fingerprint density at radius 3 is 2.85 bits per heavy atom. The lowest BCUT2D eigenvalue weighted by molar-refractivity contribution is 0.415. The zero-order valence-corrected chi connectivity index (χ0v) is 14.4. The maximum atomic E-state index is 5.42. The van der Waals surface area contributed by atoms with Crippen LogP contribution in [0.1, 0.15) is 11.1 Å². The van der Waals surface area contributed by atoms with Gasteiger partial charge in [-0.25, -0.2) is 9.50 Å². The van der Waals surface area contributed by atoms with E-state index in [1.165, 1.54) is 16.7 Å². The molecule has 0 radical (unpaired) electrons. The minimum atomic E-state index is 0.827. The van der Waals surface area contributed by atoms with Gasteiger partial charge in [-0.05, 0) is 52.1 Å². The molecule has 0 fully saturated rings. The molecule has 0 bridgehead atoms. The molecule has 1 N–H and O–H groups in total. The van der Waals surface area contributed by atoms with Crippen LogP contribution in [0.4, 0.5) is 0 Å². The maximum Gasteiger partial charge on any atom is 0.163 e. The van der Waals surface area contributed by atoms with Crippen molar-refractivity contribution >= 4 is 5.65 Å². The first-order chi connectivity index (χ1) is 12.8. The van der Waals surface area contributed by atoms with E-state index in [2.05, 4.69) is 45.7 Å². The Hall–Kier alpha value is -3.18. The van der Waals surface area contributed by atoms with E-state index in [1.807, 2.05) is 28.9 Å². The van der Waals surface area contributed by atoms with Crippen molar-refractivity contribution in [2.45, 2.75) is 13.1 Å². The summed E-state index contributed by atoms with van der Waals surface area (Å²) in [6.07, 6.45) is 3.56. The number of hydrogen-bond acceptors (Lipinski definition) is 4. The van der Waals surface area contributed by atoms with Gasteiger partial charge in [-0.2, -0.15) is 5.10 Å². The fourth-order valence-corrected chi connectivity index (χ4v) is 3.65. The molecule has 2 aromatic heterocycles. The first-order valence-corrected chi connectivity index (χ1v) is 8.63. The Balaban J connectivity index is 1.77. The van der Waals surface area contributed by atoms with Crippen LogP contribution in [0.15, 0.2) is 61.1 Å². The number of benzene rings is 2. The van der Waals surface area contributed by atoms with Crippen LogP contribution >= 0.6 is 0 Å². The van der Waals surface area contributed by atoms with Gasteiger partial charge in [0.05, 0.1) is 7.11 Å². The summed E-state index contributed by atoms with van der Waals surface area (Å²) in [7, 11) is 1.69. The fourth-order valence-electron chi connectivity index (χ4n) is 3.65. The van der Waals surface area contributed by atoms with Gasteiger partial charge in [0.2, 0.25) is 0 Å². The lowest BCUT2D eigenvalue weighted by Gasteiger charge is -2.13. The summed E-state index contributed by atoms with van der Waals surface area (Å²) in [5.74, 6) is 0.827. The summed E-state index contributed by atoms with van der Waals surface area (Å²) >= 11 is 0. The van der Waals surface area contributed by atoms with Crippen molar-refractivity contribution < 1.29 is 4.74 Å². The van der Waals surface area contributed by atoms with Crippen molar-refractivity contribution in [3.63, 3.8) is 0 Å². The highest BCUT2D eigenvalue weighted by molar-refractivity contribution is 5.92. The molecule has 0 saturated heterocycles. The molecule has 5 nitrogen and oxygen atoms in total. The standard InChI is InChI=1S/C21H18N4O/c1-26-18-4-2-3-15(10-18)20-19(7-8-25-21(20)23-13-24-25)14-5-6-16-11-22-12-17(16)9-14/h2-10,13,22H,11-12H2,1H3. The zero-order chi connectivity index (χ0) is 17.5. The van der Waals surface area contributed by atoms with E-state index in [9.17, 15) is 0 Å². The lowest BCUT2D eigenvalue weighted by Crippen LogP contribution is -1.99. The molecule has 1 aliphatic heterocycles. The molecule has 0 amide bonds. The molecule has 5 rings (SSSR count). The average molecular weight is 342 g/mol. The quantitative estimate of drug-likeness (QED) is 0.617. The van der Waals surface area contributed by atoms with Crippen molar-refractivity contribution in [3.8, 4) is 28.0 Å². The van der Waals surface area contributed by atoms with Crippen molar-refractivity contribution in [1.29, 1.82) is 0 Å². The number of methoxy groups -OCH3 is 1. The summed E-state index contributed by atoms with van der Waals surface area (Å²) in [6.45, 7) is 1.87. The molecule has 4 aromatic rings. The SMILES string of the molecule is COc1cccc(-c2c(-c3ccc4c(c3)CNC4)ccn3ncnc23)c1. The summed E-state index contributed by atoms with van der Waals surface area (Å²) in [5.41, 5.74) is 8.05. The number of hydrogen-bond donors (Lipinski definition) is 1. The van der Waals surface area contributed by atoms with Gasteiger partial charge in [0.15, 0.2) is 5.65 Å². The molecule has 128 valence electrons. The molecule has 0 aliphatic carbocycles. The Bertz CT molecular complexity index is 1120. The predicted molar refractivity (Wildman–Crippen MR) is 101 cm³/mol. The van der Waals surface area contributed by atoms with Crippen LogP contribution in [0.2, 0.25) is 0 Å². The highest BCUT2D eigenvalue weighted by atomic mass is 16.5. The third kappa shape index (κ3) is 2.36. The normalized spacial score (nSPS) is 13.1. The van der Waals surface area contributed by atoms with Crippen LogP contribution in [0, 0.1) is 0 Å². The second kappa shape index (κ2) is 5.97. The number of rotatable bonds is 3. The van der Waals surface area contributed by atoms with E-state index in [-0.39, 0.29) is 0 Å². The van der Waals surface area contributed by atoms with Gasteiger partial charge in [0.25, 0.3) is 0 Å². The van der Waals surface area contributed by atoms with E-state index < -0.39 is 0 Å². The van der Waals surface area contributed by atoms with Crippen molar-refractivity contribution in [2.24, 2.45) is 0 Å². The largest absolute Gasteiger partial charge is 0.497 e. The minimum absolute atomic E-state index is 0.827. The minimum Gasteiger partial charge on any atom is -0.497 e. The number of nitrogens with one attached hydrogen (secondary N) is 1. The number of pyridine rings is 1. The monoisotopic (exact) mass is 342 g/mol. The molecule has 2 aromatic carbocycles. The number of nitrogens with zero attached hydrogens (tertiary/aromatic N) is 3. The molecule has 1 aliphatic rings. The first-order valence-electron chi connectivity index (χ1n) is 8.63. The molecular weight excluding hydrogens is 324 g/mol. The summed E-state index contributed by atoms with van der Waals surface area (Å²) < 4.78 is 7.24. The molecule has 0 spiro atoms. The Labute approximate surface area is 151 Å². The van der Waals surface area contributed by atoms with Gasteiger partial charge >= 0.3 is 0 Å². The van der Waals surface area contributed by atoms with E-state index in [0.29, 0.717) is 0 Å². The Kier molecular flexibility index (Phi) is 3.47. The average Bonchev–Trinajstić information content (AvgIpc) is 3.35. The van der Waals surface area contributed by atoms with Crippen LogP contribution in [0.5, 0.6) is 5.75 Å². The molecular formula is C21H18N4O. The molecule has 3 heterocycles. The summed E-state index contributed by atoms with van der Waals surface area (Å²) in [5, 5.41) is 7.71. The van der Waals surface area contributed by atoms with Crippen LogP contribution in [0.25, 0.3) is 27.9 Å². The molecule has 5 heteroatoms. The highest BCUT2D eigenvalue weighted by Crippen LogP contribution is 2.37. The van der Waals surface area contributed by atoms with Crippen LogP contribution in [-0.4, -0.2) is 21.7 Å². The number of aromatic nitrogens is 3. The fraction of sp³-hybridized carbons (Fsp3) is 0.143. The summed E-state index contributed by atoms with van der Waals surface area (Å²) in [4.78, 5) is 4.51. The maximum absolute atomic E-state index is 5.42. The van der Waals surface area contributed by atoms with Gasteiger partial charge in [0.1, 0.15) is 12.1 Å². The van der Waals surface area contributed by atoms with E-state index >= 15 is 0 Å². The molecule has 0 atom stereocenters. The molecule has 26 heavy (non-hydrogen) atoms. The van der Waals surface area contributed by atoms with Crippen molar-refractivity contribution in [2.75, 3.05) is 7.11 Å². The van der Waals surface area contributed by atoms with Crippen molar-refractivity contribution in [3.05, 3.63) is 72.2 Å². The predicted octanol–water partition coefficient (Wildman–Crippen LogP) is 3.68. The Morgan fingerprint density at radius 1 is 1.00 bits per heavy atom. The topological polar surface area (TPSA) is 51.5 Å². The van der Waals surface area contributed by atoms with Crippen molar-refractivity contribution in [1.82, 2.24) is 19.9 Å². The van der Waals surface area contributed by atoms with Gasteiger partial charge in [-0.1, -0.05) is 24.3 Å². The smallest absolute Gasteiger partial charge is 0.163 e. The first kappa shape index (κ1) is 15.1. The van der Waals surface area contributed by atoms with E-state index in [4.69, 9.17) is 4.74 Å². The Morgan fingerprint density at radius 2 is 1.92 bits per heavy atom. The van der Waals surface area contributed by atoms with Gasteiger partial charge in [0, 0.05) is 24.8 Å². The van der Waals surface area contributed by atoms with Crippen LogP contribution in [-0.2, 0) is 13.1 Å². The van der Waals surface area contributed by atoms with Crippen LogP contribution in [0.3, 0.4) is 0 Å². The lowest BCUT2D eigenvalue weighted by atomic mass is 9.94. The second-order valence-electron chi connectivity index (χ2n) is 6.45. The van der Waals surface area contributed by atoms with Gasteiger partial charge in [-0.15, -0.1) is 0 Å². The second-order valence-corrected chi connectivity index (χ2v) is 6.45. The summed E-state index contributed by atoms with van der Waals surface area (Å²) in [6, 6.07) is 16.9. The van der Waals surface area contributed by atoms with Crippen LogP contribution < -0.4 is 10.1 Å². The third-order valence-corrected chi connectivity index (χ3v) is 4.96. The van der Waals surface area contributed by atoms with Gasteiger partial charge in [-0.3, -0.25) is 0 Å².